The minimum Gasteiger partial charge on any atom is -0.465 e. The first-order chi connectivity index (χ1) is 11.0. The van der Waals surface area contributed by atoms with E-state index in [9.17, 15) is 4.79 Å². The van der Waals surface area contributed by atoms with Crippen LogP contribution in [0.2, 0.25) is 0 Å². The lowest BCUT2D eigenvalue weighted by molar-refractivity contribution is -0.142. The zero-order chi connectivity index (χ0) is 16.9. The molecule has 0 saturated heterocycles. The van der Waals surface area contributed by atoms with E-state index in [1.54, 1.807) is 0 Å². The Labute approximate surface area is 140 Å². The molecule has 3 heteroatoms. The minimum atomic E-state index is -0.153. The van der Waals surface area contributed by atoms with Crippen LogP contribution in [-0.4, -0.2) is 25.2 Å². The Hall–Kier alpha value is -1.35. The summed E-state index contributed by atoms with van der Waals surface area (Å²) in [6.07, 6.45) is 4.74. The van der Waals surface area contributed by atoms with Crippen molar-refractivity contribution >= 4 is 5.97 Å². The molecule has 0 heterocycles. The van der Waals surface area contributed by atoms with Gasteiger partial charge in [0.2, 0.25) is 0 Å². The van der Waals surface area contributed by atoms with Crippen molar-refractivity contribution in [2.24, 2.45) is 5.92 Å². The summed E-state index contributed by atoms with van der Waals surface area (Å²) < 4.78 is 5.08. The molecule has 0 spiro atoms. The number of hydrogen-bond donors (Lipinski definition) is 1. The summed E-state index contributed by atoms with van der Waals surface area (Å²) in [5.41, 5.74) is 2.88. The molecule has 1 fully saturated rings. The van der Waals surface area contributed by atoms with Gasteiger partial charge in [0.05, 0.1) is 13.2 Å². The molecular formula is C20H31NO2. The third-order valence-electron chi connectivity index (χ3n) is 5.04. The van der Waals surface area contributed by atoms with Crippen LogP contribution >= 0.6 is 0 Å². The molecule has 1 aliphatic rings. The third kappa shape index (κ3) is 4.35. The van der Waals surface area contributed by atoms with Crippen molar-refractivity contribution in [3.8, 4) is 0 Å². The molecule has 0 aliphatic heterocycles. The first-order valence-electron chi connectivity index (χ1n) is 8.94. The molecule has 2 rings (SSSR count). The monoisotopic (exact) mass is 317 g/mol. The van der Waals surface area contributed by atoms with Gasteiger partial charge in [-0.15, -0.1) is 0 Å². The number of rotatable bonds is 8. The van der Waals surface area contributed by atoms with E-state index in [4.69, 9.17) is 4.74 Å². The Bertz CT molecular complexity index is 503. The van der Waals surface area contributed by atoms with Crippen LogP contribution in [0.1, 0.15) is 57.6 Å². The summed E-state index contributed by atoms with van der Waals surface area (Å²) in [5.74, 6) is 0.442. The van der Waals surface area contributed by atoms with Crippen molar-refractivity contribution in [3.63, 3.8) is 0 Å². The van der Waals surface area contributed by atoms with E-state index >= 15 is 0 Å². The standard InChI is InChI=1S/C20H31NO2/c1-5-23-19(22)14-21-18(13-15(2)3)20(11-6-12-20)17-9-7-16(4)8-10-17/h7-10,15,18,21H,5-6,11-14H2,1-4H3. The molecule has 1 N–H and O–H groups in total. The van der Waals surface area contributed by atoms with Gasteiger partial charge < -0.3 is 10.1 Å². The number of carbonyl (C=O) groups excluding carboxylic acids is 1. The molecule has 0 bridgehead atoms. The van der Waals surface area contributed by atoms with Gasteiger partial charge >= 0.3 is 5.97 Å². The van der Waals surface area contributed by atoms with Gasteiger partial charge in [-0.2, -0.15) is 0 Å². The number of carbonyl (C=O) groups is 1. The fourth-order valence-electron chi connectivity index (χ4n) is 3.68. The molecule has 1 atom stereocenters. The number of esters is 1. The topological polar surface area (TPSA) is 38.3 Å². The number of nitrogens with one attached hydrogen (secondary N) is 1. The molecule has 128 valence electrons. The van der Waals surface area contributed by atoms with E-state index in [1.807, 2.05) is 6.92 Å². The average molecular weight is 317 g/mol. The Morgan fingerprint density at radius 1 is 1.26 bits per heavy atom. The summed E-state index contributed by atoms with van der Waals surface area (Å²) >= 11 is 0. The fraction of sp³-hybridized carbons (Fsp3) is 0.650. The fourth-order valence-corrected chi connectivity index (χ4v) is 3.68. The Balaban J connectivity index is 2.17. The van der Waals surface area contributed by atoms with Crippen LogP contribution < -0.4 is 5.32 Å². The lowest BCUT2D eigenvalue weighted by Gasteiger charge is -2.49. The lowest BCUT2D eigenvalue weighted by Crippen LogP contribution is -2.54. The quantitative estimate of drug-likeness (QED) is 0.737. The Morgan fingerprint density at radius 2 is 1.91 bits per heavy atom. The van der Waals surface area contributed by atoms with Crippen molar-refractivity contribution in [2.45, 2.75) is 64.8 Å². The highest BCUT2D eigenvalue weighted by Gasteiger charge is 2.45. The first-order valence-corrected chi connectivity index (χ1v) is 8.94. The second-order valence-electron chi connectivity index (χ2n) is 7.24. The van der Waals surface area contributed by atoms with Crippen molar-refractivity contribution < 1.29 is 9.53 Å². The largest absolute Gasteiger partial charge is 0.465 e. The van der Waals surface area contributed by atoms with Gasteiger partial charge in [-0.05, 0) is 44.6 Å². The van der Waals surface area contributed by atoms with Crippen LogP contribution in [0.4, 0.5) is 0 Å². The van der Waals surface area contributed by atoms with Crippen LogP contribution in [0.25, 0.3) is 0 Å². The molecule has 3 nitrogen and oxygen atoms in total. The molecule has 1 aliphatic carbocycles. The molecule has 1 aromatic carbocycles. The molecular weight excluding hydrogens is 286 g/mol. The van der Waals surface area contributed by atoms with E-state index in [0.29, 0.717) is 25.1 Å². The first kappa shape index (κ1) is 18.0. The molecule has 1 aromatic rings. The summed E-state index contributed by atoms with van der Waals surface area (Å²) in [4.78, 5) is 11.8. The highest BCUT2D eigenvalue weighted by atomic mass is 16.5. The second-order valence-corrected chi connectivity index (χ2v) is 7.24. The normalized spacial score (nSPS) is 17.6. The maximum absolute atomic E-state index is 11.8. The van der Waals surface area contributed by atoms with Crippen LogP contribution in [0.5, 0.6) is 0 Å². The maximum Gasteiger partial charge on any atom is 0.319 e. The van der Waals surface area contributed by atoms with E-state index in [2.05, 4.69) is 50.4 Å². The van der Waals surface area contributed by atoms with Crippen molar-refractivity contribution in [2.75, 3.05) is 13.2 Å². The summed E-state index contributed by atoms with van der Waals surface area (Å²) in [7, 11) is 0. The Morgan fingerprint density at radius 3 is 2.39 bits per heavy atom. The Kier molecular flexibility index (Phi) is 6.23. The minimum absolute atomic E-state index is 0.153. The van der Waals surface area contributed by atoms with Gasteiger partial charge in [0, 0.05) is 11.5 Å². The van der Waals surface area contributed by atoms with E-state index in [-0.39, 0.29) is 11.4 Å². The summed E-state index contributed by atoms with van der Waals surface area (Å²) in [6.45, 7) is 9.23. The molecule has 1 unspecified atom stereocenters. The second kappa shape index (κ2) is 7.96. The van der Waals surface area contributed by atoms with E-state index in [1.165, 1.54) is 30.4 Å². The third-order valence-corrected chi connectivity index (χ3v) is 5.04. The SMILES string of the molecule is CCOC(=O)CNC(CC(C)C)C1(c2ccc(C)cc2)CCC1. The molecule has 1 saturated carbocycles. The summed E-state index contributed by atoms with van der Waals surface area (Å²) in [5, 5.41) is 3.52. The highest BCUT2D eigenvalue weighted by molar-refractivity contribution is 5.71. The predicted octanol–water partition coefficient (Wildman–Crippen LogP) is 3.98. The number of aryl methyl sites for hydroxylation is 1. The van der Waals surface area contributed by atoms with Gasteiger partial charge in [0.15, 0.2) is 0 Å². The zero-order valence-corrected chi connectivity index (χ0v) is 15.0. The van der Waals surface area contributed by atoms with E-state index < -0.39 is 0 Å². The molecule has 23 heavy (non-hydrogen) atoms. The van der Waals surface area contributed by atoms with Gasteiger partial charge in [0.25, 0.3) is 0 Å². The highest BCUT2D eigenvalue weighted by Crippen LogP contribution is 2.48. The lowest BCUT2D eigenvalue weighted by atomic mass is 9.58. The number of benzene rings is 1. The van der Waals surface area contributed by atoms with E-state index in [0.717, 1.165) is 6.42 Å². The average Bonchev–Trinajstić information content (AvgIpc) is 2.45. The number of hydrogen-bond acceptors (Lipinski definition) is 3. The van der Waals surface area contributed by atoms with Gasteiger partial charge in [0.1, 0.15) is 0 Å². The van der Waals surface area contributed by atoms with Crippen molar-refractivity contribution in [1.29, 1.82) is 0 Å². The molecule has 0 radical (unpaired) electrons. The van der Waals surface area contributed by atoms with Gasteiger partial charge in [-0.3, -0.25) is 4.79 Å². The molecule has 0 aromatic heterocycles. The van der Waals surface area contributed by atoms with Crippen molar-refractivity contribution in [3.05, 3.63) is 35.4 Å². The van der Waals surface area contributed by atoms with Gasteiger partial charge in [-0.1, -0.05) is 50.1 Å². The number of ether oxygens (including phenoxy) is 1. The zero-order valence-electron chi connectivity index (χ0n) is 15.0. The van der Waals surface area contributed by atoms with Gasteiger partial charge in [-0.25, -0.2) is 0 Å². The van der Waals surface area contributed by atoms with Crippen LogP contribution in [0, 0.1) is 12.8 Å². The van der Waals surface area contributed by atoms with Crippen LogP contribution in [-0.2, 0) is 14.9 Å². The smallest absolute Gasteiger partial charge is 0.319 e. The molecule has 0 amide bonds. The predicted molar refractivity (Wildman–Crippen MR) is 94.6 cm³/mol. The maximum atomic E-state index is 11.8. The summed E-state index contributed by atoms with van der Waals surface area (Å²) in [6, 6.07) is 9.27. The van der Waals surface area contributed by atoms with Crippen LogP contribution in [0.15, 0.2) is 24.3 Å². The van der Waals surface area contributed by atoms with Crippen LogP contribution in [0.3, 0.4) is 0 Å². The van der Waals surface area contributed by atoms with Crippen molar-refractivity contribution in [1.82, 2.24) is 5.32 Å².